The quantitative estimate of drug-likeness (QED) is 0.855. The van der Waals surface area contributed by atoms with Crippen LogP contribution < -0.4 is 0 Å². The molecule has 2 aromatic rings. The van der Waals surface area contributed by atoms with Gasteiger partial charge in [-0.25, -0.2) is 0 Å². The van der Waals surface area contributed by atoms with Crippen molar-refractivity contribution in [3.63, 3.8) is 0 Å². The molecule has 2 aliphatic rings. The van der Waals surface area contributed by atoms with Gasteiger partial charge in [-0.05, 0) is 28.0 Å². The van der Waals surface area contributed by atoms with Crippen LogP contribution in [0.25, 0.3) is 0 Å². The van der Waals surface area contributed by atoms with Crippen molar-refractivity contribution >= 4 is 17.2 Å². The molecule has 1 amide bonds. The van der Waals surface area contributed by atoms with Gasteiger partial charge >= 0.3 is 0 Å². The number of likely N-dealkylation sites (tertiary alicyclic amines) is 1. The fourth-order valence-corrected chi connectivity index (χ4v) is 4.32. The molecule has 2 saturated heterocycles. The molecule has 24 heavy (non-hydrogen) atoms. The second kappa shape index (κ2) is 7.05. The first kappa shape index (κ1) is 15.8. The van der Waals surface area contributed by atoms with E-state index in [9.17, 15) is 4.79 Å². The second-order valence-electron chi connectivity index (χ2n) is 6.54. The van der Waals surface area contributed by atoms with E-state index in [2.05, 4.69) is 34.5 Å². The number of amides is 1. The van der Waals surface area contributed by atoms with Crippen LogP contribution >= 0.6 is 11.3 Å². The van der Waals surface area contributed by atoms with E-state index in [0.717, 1.165) is 38.3 Å². The van der Waals surface area contributed by atoms with Crippen LogP contribution in [0.1, 0.15) is 11.1 Å². The molecule has 0 saturated carbocycles. The Morgan fingerprint density at radius 2 is 2.04 bits per heavy atom. The minimum absolute atomic E-state index is 0.147. The van der Waals surface area contributed by atoms with Gasteiger partial charge in [0.1, 0.15) is 0 Å². The zero-order chi connectivity index (χ0) is 16.4. The van der Waals surface area contributed by atoms with Crippen molar-refractivity contribution in [2.24, 2.45) is 0 Å². The van der Waals surface area contributed by atoms with E-state index in [1.165, 1.54) is 5.56 Å². The number of hydrogen-bond acceptors (Lipinski definition) is 4. The SMILES string of the molecule is O=C(Cc1ccsc1)N1C[C@@H]2OCCN(Cc3ccccc3)[C@@H]2C1. The summed E-state index contributed by atoms with van der Waals surface area (Å²) in [7, 11) is 0. The van der Waals surface area contributed by atoms with Gasteiger partial charge in [-0.3, -0.25) is 9.69 Å². The number of morpholine rings is 1. The Morgan fingerprint density at radius 1 is 1.17 bits per heavy atom. The monoisotopic (exact) mass is 342 g/mol. The number of carbonyl (C=O) groups is 1. The number of rotatable bonds is 4. The van der Waals surface area contributed by atoms with Gasteiger partial charge in [0.15, 0.2) is 0 Å². The Hall–Kier alpha value is -1.69. The number of hydrogen-bond donors (Lipinski definition) is 0. The molecule has 4 rings (SSSR count). The smallest absolute Gasteiger partial charge is 0.227 e. The van der Waals surface area contributed by atoms with E-state index in [4.69, 9.17) is 4.74 Å². The summed E-state index contributed by atoms with van der Waals surface area (Å²) < 4.78 is 5.95. The van der Waals surface area contributed by atoms with Crippen molar-refractivity contribution in [3.8, 4) is 0 Å². The fraction of sp³-hybridized carbons (Fsp3) is 0.421. The number of fused-ring (bicyclic) bond motifs is 1. The van der Waals surface area contributed by atoms with Crippen molar-refractivity contribution in [1.82, 2.24) is 9.80 Å². The Bertz CT molecular complexity index is 674. The summed E-state index contributed by atoms with van der Waals surface area (Å²) in [6.07, 6.45) is 0.649. The first-order valence-corrected chi connectivity index (χ1v) is 9.42. The molecule has 5 heteroatoms. The third-order valence-electron chi connectivity index (χ3n) is 4.93. The average Bonchev–Trinajstić information content (AvgIpc) is 3.25. The highest BCUT2D eigenvalue weighted by atomic mass is 32.1. The third kappa shape index (κ3) is 3.38. The lowest BCUT2D eigenvalue weighted by molar-refractivity contribution is -0.129. The second-order valence-corrected chi connectivity index (χ2v) is 7.32. The van der Waals surface area contributed by atoms with Crippen molar-refractivity contribution in [2.45, 2.75) is 25.1 Å². The summed E-state index contributed by atoms with van der Waals surface area (Å²) in [5, 5.41) is 4.08. The topological polar surface area (TPSA) is 32.8 Å². The Morgan fingerprint density at radius 3 is 2.83 bits per heavy atom. The van der Waals surface area contributed by atoms with E-state index >= 15 is 0 Å². The molecule has 0 spiro atoms. The lowest BCUT2D eigenvalue weighted by atomic mass is 10.1. The van der Waals surface area contributed by atoms with E-state index < -0.39 is 0 Å². The van der Waals surface area contributed by atoms with Crippen LogP contribution in [0.3, 0.4) is 0 Å². The molecule has 2 atom stereocenters. The summed E-state index contributed by atoms with van der Waals surface area (Å²) in [5.41, 5.74) is 2.43. The molecule has 126 valence electrons. The fourth-order valence-electron chi connectivity index (χ4n) is 3.66. The van der Waals surface area contributed by atoms with E-state index in [1.807, 2.05) is 22.4 Å². The minimum Gasteiger partial charge on any atom is -0.373 e. The molecule has 4 nitrogen and oxygen atoms in total. The van der Waals surface area contributed by atoms with Crippen molar-refractivity contribution in [1.29, 1.82) is 0 Å². The third-order valence-corrected chi connectivity index (χ3v) is 5.67. The number of benzene rings is 1. The van der Waals surface area contributed by atoms with Crippen LogP contribution in [-0.4, -0.2) is 54.1 Å². The Balaban J connectivity index is 1.41. The normalized spacial score (nSPS) is 24.1. The zero-order valence-electron chi connectivity index (χ0n) is 13.6. The van der Waals surface area contributed by atoms with Crippen molar-refractivity contribution < 1.29 is 9.53 Å². The standard InChI is InChI=1S/C19H22N2O2S/c22-19(10-16-6-9-24-14-16)21-12-17-18(13-21)23-8-7-20(17)11-15-4-2-1-3-5-15/h1-6,9,14,17-18H,7-8,10-13H2/t17-,18+/m1/s1. The Kier molecular flexibility index (Phi) is 4.65. The summed E-state index contributed by atoms with van der Waals surface area (Å²) in [6.45, 7) is 4.11. The summed E-state index contributed by atoms with van der Waals surface area (Å²) in [4.78, 5) is 17.0. The number of carbonyl (C=O) groups excluding carboxylic acids is 1. The van der Waals surface area contributed by atoms with Crippen molar-refractivity contribution in [3.05, 3.63) is 58.3 Å². The molecule has 2 fully saturated rings. The molecule has 0 radical (unpaired) electrons. The largest absolute Gasteiger partial charge is 0.373 e. The molecule has 3 heterocycles. The van der Waals surface area contributed by atoms with Crippen LogP contribution in [0.2, 0.25) is 0 Å². The lowest BCUT2D eigenvalue weighted by Gasteiger charge is -2.36. The predicted molar refractivity (Wildman–Crippen MR) is 95.0 cm³/mol. The van der Waals surface area contributed by atoms with Gasteiger partial charge in [-0.1, -0.05) is 30.3 Å². The number of ether oxygens (including phenoxy) is 1. The van der Waals surface area contributed by atoms with Gasteiger partial charge in [-0.15, -0.1) is 0 Å². The number of thiophene rings is 1. The minimum atomic E-state index is 0.147. The van der Waals surface area contributed by atoms with Crippen LogP contribution in [-0.2, 0) is 22.5 Å². The molecule has 1 aromatic carbocycles. The maximum absolute atomic E-state index is 12.6. The van der Waals surface area contributed by atoms with Gasteiger partial charge in [0.25, 0.3) is 0 Å². The average molecular weight is 342 g/mol. The molecule has 1 aromatic heterocycles. The first-order chi connectivity index (χ1) is 11.8. The highest BCUT2D eigenvalue weighted by Gasteiger charge is 2.41. The van der Waals surface area contributed by atoms with E-state index in [-0.39, 0.29) is 12.0 Å². The summed E-state index contributed by atoms with van der Waals surface area (Å²) in [6, 6.07) is 12.9. The number of nitrogens with zero attached hydrogens (tertiary/aromatic N) is 2. The highest BCUT2D eigenvalue weighted by molar-refractivity contribution is 7.08. The molecular formula is C19H22N2O2S. The van der Waals surface area contributed by atoms with Crippen LogP contribution in [0, 0.1) is 0 Å². The molecular weight excluding hydrogens is 320 g/mol. The lowest BCUT2D eigenvalue weighted by Crippen LogP contribution is -2.50. The van der Waals surface area contributed by atoms with Gasteiger partial charge in [0.05, 0.1) is 25.2 Å². The molecule has 0 aliphatic carbocycles. The van der Waals surface area contributed by atoms with E-state index in [1.54, 1.807) is 11.3 Å². The van der Waals surface area contributed by atoms with E-state index in [0.29, 0.717) is 12.5 Å². The van der Waals surface area contributed by atoms with Crippen LogP contribution in [0.5, 0.6) is 0 Å². The highest BCUT2D eigenvalue weighted by Crippen LogP contribution is 2.25. The van der Waals surface area contributed by atoms with Gasteiger partial charge < -0.3 is 9.64 Å². The van der Waals surface area contributed by atoms with Crippen molar-refractivity contribution in [2.75, 3.05) is 26.2 Å². The summed E-state index contributed by atoms with van der Waals surface area (Å²) in [5.74, 6) is 0.214. The van der Waals surface area contributed by atoms with Crippen LogP contribution in [0.15, 0.2) is 47.2 Å². The van der Waals surface area contributed by atoms with Crippen LogP contribution in [0.4, 0.5) is 0 Å². The molecule has 0 unspecified atom stereocenters. The molecule has 2 aliphatic heterocycles. The summed E-state index contributed by atoms with van der Waals surface area (Å²) >= 11 is 1.64. The maximum atomic E-state index is 12.6. The van der Waals surface area contributed by atoms with Gasteiger partial charge in [-0.2, -0.15) is 11.3 Å². The van der Waals surface area contributed by atoms with Gasteiger partial charge in [0.2, 0.25) is 5.91 Å². The molecule has 0 N–H and O–H groups in total. The molecule has 0 bridgehead atoms. The predicted octanol–water partition coefficient (Wildman–Crippen LogP) is 2.40. The zero-order valence-corrected chi connectivity index (χ0v) is 14.5. The Labute approximate surface area is 146 Å². The van der Waals surface area contributed by atoms with Gasteiger partial charge in [0, 0.05) is 26.2 Å². The maximum Gasteiger partial charge on any atom is 0.227 e. The first-order valence-electron chi connectivity index (χ1n) is 8.48.